The number of halogens is 2. The number of benzene rings is 3. The summed E-state index contributed by atoms with van der Waals surface area (Å²) < 4.78 is 5.95. The normalized spacial score (nSPS) is 15.1. The number of hydrogen-bond donors (Lipinski definition) is 1. The fraction of sp³-hybridized carbons (Fsp3) is 0.0800. The lowest BCUT2D eigenvalue weighted by Gasteiger charge is -2.26. The van der Waals surface area contributed by atoms with Gasteiger partial charge >= 0.3 is 6.03 Å². The first kappa shape index (κ1) is 22.6. The minimum Gasteiger partial charge on any atom is -0.488 e. The molecular weight excluding hydrogens is 463 g/mol. The molecule has 1 heterocycles. The van der Waals surface area contributed by atoms with Crippen LogP contribution in [-0.4, -0.2) is 17.8 Å². The zero-order valence-corrected chi connectivity index (χ0v) is 19.0. The van der Waals surface area contributed by atoms with Gasteiger partial charge < -0.3 is 4.74 Å². The third kappa shape index (κ3) is 5.08. The molecule has 0 unspecified atom stereocenters. The zero-order chi connectivity index (χ0) is 23.5. The van der Waals surface area contributed by atoms with Crippen molar-refractivity contribution in [3.63, 3.8) is 0 Å². The molecular formula is C25H18Cl2N2O4. The van der Waals surface area contributed by atoms with E-state index in [2.05, 4.69) is 5.32 Å². The van der Waals surface area contributed by atoms with Crippen molar-refractivity contribution >= 4 is 52.8 Å². The number of hydrogen-bond acceptors (Lipinski definition) is 4. The molecule has 1 saturated heterocycles. The predicted molar refractivity (Wildman–Crippen MR) is 127 cm³/mol. The van der Waals surface area contributed by atoms with Crippen LogP contribution in [0, 0.1) is 6.92 Å². The van der Waals surface area contributed by atoms with Crippen molar-refractivity contribution in [1.82, 2.24) is 5.32 Å². The third-order valence-electron chi connectivity index (χ3n) is 4.92. The molecule has 0 spiro atoms. The lowest BCUT2D eigenvalue weighted by Crippen LogP contribution is -2.54. The van der Waals surface area contributed by atoms with Gasteiger partial charge in [-0.15, -0.1) is 0 Å². The molecule has 0 bridgehead atoms. The number of carbonyl (C=O) groups excluding carboxylic acids is 3. The van der Waals surface area contributed by atoms with Gasteiger partial charge in [-0.05, 0) is 55.0 Å². The molecule has 4 amide bonds. The number of amides is 4. The molecule has 0 atom stereocenters. The van der Waals surface area contributed by atoms with E-state index in [9.17, 15) is 14.4 Å². The van der Waals surface area contributed by atoms with Gasteiger partial charge in [0.25, 0.3) is 11.8 Å². The zero-order valence-electron chi connectivity index (χ0n) is 17.5. The lowest BCUT2D eigenvalue weighted by molar-refractivity contribution is -0.122. The van der Waals surface area contributed by atoms with Crippen LogP contribution < -0.4 is 15.0 Å². The Bertz CT molecular complexity index is 1300. The molecule has 3 aromatic rings. The van der Waals surface area contributed by atoms with Crippen LogP contribution >= 0.6 is 23.2 Å². The van der Waals surface area contributed by atoms with E-state index in [4.69, 9.17) is 27.9 Å². The van der Waals surface area contributed by atoms with Crippen LogP contribution in [-0.2, 0) is 16.2 Å². The van der Waals surface area contributed by atoms with Crippen molar-refractivity contribution in [2.45, 2.75) is 13.5 Å². The largest absolute Gasteiger partial charge is 0.488 e. The summed E-state index contributed by atoms with van der Waals surface area (Å²) in [5.41, 5.74) is 2.49. The van der Waals surface area contributed by atoms with E-state index in [0.29, 0.717) is 21.4 Å². The number of ether oxygens (including phenoxy) is 1. The number of nitrogens with zero attached hydrogens (tertiary/aromatic N) is 1. The van der Waals surface area contributed by atoms with Gasteiger partial charge in [-0.3, -0.25) is 14.9 Å². The third-order valence-corrected chi connectivity index (χ3v) is 5.39. The Morgan fingerprint density at radius 2 is 1.70 bits per heavy atom. The van der Waals surface area contributed by atoms with Crippen molar-refractivity contribution in [3.05, 3.63) is 99.0 Å². The van der Waals surface area contributed by atoms with Gasteiger partial charge in [0, 0.05) is 15.6 Å². The molecule has 1 aliphatic heterocycles. The smallest absolute Gasteiger partial charge is 0.335 e. The van der Waals surface area contributed by atoms with Crippen LogP contribution in [0.5, 0.6) is 5.75 Å². The monoisotopic (exact) mass is 480 g/mol. The van der Waals surface area contributed by atoms with E-state index in [1.165, 1.54) is 12.1 Å². The van der Waals surface area contributed by atoms with E-state index in [1.54, 1.807) is 36.4 Å². The fourth-order valence-corrected chi connectivity index (χ4v) is 3.75. The highest BCUT2D eigenvalue weighted by Crippen LogP contribution is 2.29. The standard InChI is InChI=1S/C25H18Cl2N2O4/c1-15-4-2-5-16(10-15)14-33-22-9-8-19(27)11-17(22)12-21-23(30)28-25(32)29(24(21)31)20-7-3-6-18(26)13-20/h2-13H,14H2,1H3,(H,28,30,32)/b21-12+. The summed E-state index contributed by atoms with van der Waals surface area (Å²) in [5.74, 6) is -1.16. The summed E-state index contributed by atoms with van der Waals surface area (Å²) in [4.78, 5) is 38.9. The van der Waals surface area contributed by atoms with Gasteiger partial charge in [-0.25, -0.2) is 9.69 Å². The lowest BCUT2D eigenvalue weighted by atomic mass is 10.1. The summed E-state index contributed by atoms with van der Waals surface area (Å²) in [6, 6.07) is 18.1. The number of rotatable bonds is 5. The van der Waals surface area contributed by atoms with E-state index < -0.39 is 17.8 Å². The minimum absolute atomic E-state index is 0.239. The Morgan fingerprint density at radius 1 is 0.939 bits per heavy atom. The summed E-state index contributed by atoms with van der Waals surface area (Å²) in [5, 5.41) is 2.93. The summed E-state index contributed by atoms with van der Waals surface area (Å²) in [6.45, 7) is 2.27. The highest BCUT2D eigenvalue weighted by molar-refractivity contribution is 6.39. The molecule has 0 radical (unpaired) electrons. The Balaban J connectivity index is 1.68. The molecule has 8 heteroatoms. The second-order valence-electron chi connectivity index (χ2n) is 7.40. The fourth-order valence-electron chi connectivity index (χ4n) is 3.39. The van der Waals surface area contributed by atoms with E-state index in [-0.39, 0.29) is 17.9 Å². The minimum atomic E-state index is -0.855. The maximum Gasteiger partial charge on any atom is 0.335 e. The molecule has 4 rings (SSSR count). The Labute approximate surface area is 200 Å². The summed E-state index contributed by atoms with van der Waals surface area (Å²) in [7, 11) is 0. The Kier molecular flexibility index (Phi) is 6.49. The first-order valence-corrected chi connectivity index (χ1v) is 10.7. The average Bonchev–Trinajstić information content (AvgIpc) is 2.76. The Hall–Kier alpha value is -3.61. The SMILES string of the molecule is Cc1cccc(COc2ccc(Cl)cc2/C=C2\C(=O)NC(=O)N(c3cccc(Cl)c3)C2=O)c1. The summed E-state index contributed by atoms with van der Waals surface area (Å²) in [6.07, 6.45) is 1.36. The molecule has 0 aliphatic carbocycles. The second kappa shape index (κ2) is 9.48. The van der Waals surface area contributed by atoms with Gasteiger partial charge in [-0.2, -0.15) is 0 Å². The maximum atomic E-state index is 13.1. The van der Waals surface area contributed by atoms with Crippen molar-refractivity contribution in [1.29, 1.82) is 0 Å². The van der Waals surface area contributed by atoms with Crippen LogP contribution in [0.2, 0.25) is 10.0 Å². The second-order valence-corrected chi connectivity index (χ2v) is 8.27. The van der Waals surface area contributed by atoms with Crippen molar-refractivity contribution in [2.24, 2.45) is 0 Å². The number of barbiturate groups is 1. The van der Waals surface area contributed by atoms with Gasteiger partial charge in [0.15, 0.2) is 0 Å². The quantitative estimate of drug-likeness (QED) is 0.383. The number of nitrogens with one attached hydrogen (secondary N) is 1. The van der Waals surface area contributed by atoms with Crippen molar-refractivity contribution < 1.29 is 19.1 Å². The summed E-state index contributed by atoms with van der Waals surface area (Å²) >= 11 is 12.2. The molecule has 0 aromatic heterocycles. The van der Waals surface area contributed by atoms with Crippen LogP contribution in [0.15, 0.2) is 72.3 Å². The number of anilines is 1. The molecule has 3 aromatic carbocycles. The predicted octanol–water partition coefficient (Wildman–Crippen LogP) is 5.55. The maximum absolute atomic E-state index is 13.1. The van der Waals surface area contributed by atoms with E-state index in [1.807, 2.05) is 31.2 Å². The van der Waals surface area contributed by atoms with Crippen molar-refractivity contribution in [2.75, 3.05) is 4.90 Å². The molecule has 166 valence electrons. The van der Waals surface area contributed by atoms with Gasteiger partial charge in [0.05, 0.1) is 5.69 Å². The van der Waals surface area contributed by atoms with Gasteiger partial charge in [-0.1, -0.05) is 59.1 Å². The van der Waals surface area contributed by atoms with Crippen LogP contribution in [0.1, 0.15) is 16.7 Å². The number of urea groups is 1. The van der Waals surface area contributed by atoms with Crippen LogP contribution in [0.3, 0.4) is 0 Å². The van der Waals surface area contributed by atoms with Gasteiger partial charge in [0.1, 0.15) is 17.9 Å². The topological polar surface area (TPSA) is 75.7 Å². The average molecular weight is 481 g/mol. The molecule has 6 nitrogen and oxygen atoms in total. The van der Waals surface area contributed by atoms with E-state index in [0.717, 1.165) is 16.0 Å². The van der Waals surface area contributed by atoms with Crippen molar-refractivity contribution in [3.8, 4) is 5.75 Å². The highest BCUT2D eigenvalue weighted by Gasteiger charge is 2.37. The number of aryl methyl sites for hydroxylation is 1. The molecule has 33 heavy (non-hydrogen) atoms. The van der Waals surface area contributed by atoms with Crippen LogP contribution in [0.4, 0.5) is 10.5 Å². The molecule has 1 fully saturated rings. The van der Waals surface area contributed by atoms with Gasteiger partial charge in [0.2, 0.25) is 0 Å². The molecule has 0 saturated carbocycles. The van der Waals surface area contributed by atoms with Crippen LogP contribution in [0.25, 0.3) is 6.08 Å². The number of imide groups is 2. The Morgan fingerprint density at radius 3 is 2.45 bits per heavy atom. The first-order valence-electron chi connectivity index (χ1n) is 9.97. The number of carbonyl (C=O) groups is 3. The molecule has 1 aliphatic rings. The first-order chi connectivity index (χ1) is 15.8. The highest BCUT2D eigenvalue weighted by atomic mass is 35.5. The molecule has 1 N–H and O–H groups in total. The van der Waals surface area contributed by atoms with E-state index >= 15 is 0 Å².